The molecule has 0 bridgehead atoms. The van der Waals surface area contributed by atoms with Crippen LogP contribution in [0.3, 0.4) is 0 Å². The van der Waals surface area contributed by atoms with Crippen molar-refractivity contribution >= 4 is 17.1 Å². The van der Waals surface area contributed by atoms with E-state index in [-0.39, 0.29) is 12.4 Å². The molecule has 1 aromatic heterocycles. The minimum absolute atomic E-state index is 0.0720. The van der Waals surface area contributed by atoms with Gasteiger partial charge >= 0.3 is 0 Å². The lowest BCUT2D eigenvalue weighted by molar-refractivity contribution is -0.122. The fourth-order valence-corrected chi connectivity index (χ4v) is 1.52. The van der Waals surface area contributed by atoms with Gasteiger partial charge in [0.2, 0.25) is 0 Å². The summed E-state index contributed by atoms with van der Waals surface area (Å²) in [5.74, 6) is 0.0720. The van der Waals surface area contributed by atoms with Crippen LogP contribution in [0.15, 0.2) is 5.38 Å². The number of Topliss-reactive ketones (excluding diaryl/α,β-unsaturated/α-hetero) is 1. The summed E-state index contributed by atoms with van der Waals surface area (Å²) < 4.78 is 4.71. The molecule has 1 rings (SSSR count). The van der Waals surface area contributed by atoms with Crippen LogP contribution in [-0.4, -0.2) is 24.5 Å². The molecule has 0 N–H and O–H groups in total. The van der Waals surface area contributed by atoms with Crippen LogP contribution in [0.25, 0.3) is 0 Å². The van der Waals surface area contributed by atoms with Crippen LogP contribution in [0.4, 0.5) is 0 Å². The van der Waals surface area contributed by atoms with Crippen LogP contribution in [0.5, 0.6) is 0 Å². The Kier molecular flexibility index (Phi) is 3.37. The Morgan fingerprint density at radius 3 is 3.00 bits per heavy atom. The van der Waals surface area contributed by atoms with Gasteiger partial charge in [-0.25, -0.2) is 4.98 Å². The van der Waals surface area contributed by atoms with Crippen molar-refractivity contribution in [1.29, 1.82) is 0 Å². The fourth-order valence-electron chi connectivity index (χ4n) is 0.903. The molecule has 66 valence electrons. The van der Waals surface area contributed by atoms with E-state index in [1.165, 1.54) is 7.11 Å². The summed E-state index contributed by atoms with van der Waals surface area (Å²) in [7, 11) is 1.52. The molecule has 1 aromatic rings. The predicted octanol–water partition coefficient (Wildman–Crippen LogP) is 1.21. The van der Waals surface area contributed by atoms with E-state index in [2.05, 4.69) is 4.98 Å². The lowest BCUT2D eigenvalue weighted by atomic mass is 10.2. The molecule has 0 aliphatic carbocycles. The molecule has 0 amide bonds. The van der Waals surface area contributed by atoms with E-state index in [9.17, 15) is 4.79 Å². The number of rotatable bonds is 4. The summed E-state index contributed by atoms with van der Waals surface area (Å²) in [6.45, 7) is 2.10. The molecule has 0 saturated carbocycles. The van der Waals surface area contributed by atoms with Crippen LogP contribution < -0.4 is 0 Å². The minimum Gasteiger partial charge on any atom is -0.377 e. The maximum atomic E-state index is 11.1. The molecule has 3 nitrogen and oxygen atoms in total. The molecule has 0 aliphatic heterocycles. The number of aromatic nitrogens is 1. The Labute approximate surface area is 75.4 Å². The summed E-state index contributed by atoms with van der Waals surface area (Å²) >= 11 is 1.56. The number of carbonyl (C=O) groups is 1. The summed E-state index contributed by atoms with van der Waals surface area (Å²) in [6, 6.07) is 0. The van der Waals surface area contributed by atoms with Gasteiger partial charge in [0.1, 0.15) is 6.61 Å². The zero-order valence-corrected chi connectivity index (χ0v) is 7.98. The van der Waals surface area contributed by atoms with E-state index in [4.69, 9.17) is 4.74 Å². The predicted molar refractivity (Wildman–Crippen MR) is 47.4 cm³/mol. The highest BCUT2D eigenvalue weighted by molar-refractivity contribution is 7.09. The van der Waals surface area contributed by atoms with Crippen molar-refractivity contribution in [3.63, 3.8) is 0 Å². The van der Waals surface area contributed by atoms with Crippen LogP contribution >= 0.6 is 11.3 Å². The maximum absolute atomic E-state index is 11.1. The minimum atomic E-state index is 0.0720. The van der Waals surface area contributed by atoms with Crippen LogP contribution in [0.2, 0.25) is 0 Å². The Morgan fingerprint density at radius 1 is 1.75 bits per heavy atom. The normalized spacial score (nSPS) is 10.2. The average Bonchev–Trinajstić information content (AvgIpc) is 2.36. The molecule has 0 fully saturated rings. The van der Waals surface area contributed by atoms with Gasteiger partial charge < -0.3 is 4.74 Å². The SMILES string of the molecule is COCC(=O)Cc1csc(C)n1. The highest BCUT2D eigenvalue weighted by atomic mass is 32.1. The molecule has 0 atom stereocenters. The number of ketones is 1. The quantitative estimate of drug-likeness (QED) is 0.707. The van der Waals surface area contributed by atoms with Gasteiger partial charge in [0.15, 0.2) is 5.78 Å². The fraction of sp³-hybridized carbons (Fsp3) is 0.500. The van der Waals surface area contributed by atoms with Gasteiger partial charge in [-0.15, -0.1) is 11.3 Å². The first-order valence-electron chi connectivity index (χ1n) is 3.64. The first kappa shape index (κ1) is 9.35. The third kappa shape index (κ3) is 2.71. The number of thiazole rings is 1. The molecule has 12 heavy (non-hydrogen) atoms. The van der Waals surface area contributed by atoms with Crippen molar-refractivity contribution in [2.75, 3.05) is 13.7 Å². The largest absolute Gasteiger partial charge is 0.377 e. The van der Waals surface area contributed by atoms with E-state index >= 15 is 0 Å². The third-order valence-electron chi connectivity index (χ3n) is 1.35. The molecule has 4 heteroatoms. The van der Waals surface area contributed by atoms with Gasteiger partial charge in [0.05, 0.1) is 17.1 Å². The van der Waals surface area contributed by atoms with Crippen LogP contribution in [0.1, 0.15) is 10.7 Å². The van der Waals surface area contributed by atoms with Gasteiger partial charge in [0.25, 0.3) is 0 Å². The van der Waals surface area contributed by atoms with Gasteiger partial charge in [-0.2, -0.15) is 0 Å². The molecule has 0 aliphatic rings. The maximum Gasteiger partial charge on any atom is 0.164 e. The Balaban J connectivity index is 2.46. The van der Waals surface area contributed by atoms with Gasteiger partial charge in [-0.05, 0) is 6.92 Å². The monoisotopic (exact) mass is 185 g/mol. The Bertz CT molecular complexity index is 270. The van der Waals surface area contributed by atoms with Crippen molar-refractivity contribution < 1.29 is 9.53 Å². The van der Waals surface area contributed by atoms with Crippen molar-refractivity contribution in [3.8, 4) is 0 Å². The molecule has 0 unspecified atom stereocenters. The zero-order valence-electron chi connectivity index (χ0n) is 7.16. The second-order valence-corrected chi connectivity index (χ2v) is 3.57. The topological polar surface area (TPSA) is 39.2 Å². The van der Waals surface area contributed by atoms with Crippen molar-refractivity contribution in [2.24, 2.45) is 0 Å². The first-order valence-corrected chi connectivity index (χ1v) is 4.52. The summed E-state index contributed by atoms with van der Waals surface area (Å²) in [5, 5.41) is 2.90. The van der Waals surface area contributed by atoms with Gasteiger partial charge in [0, 0.05) is 12.5 Å². The van der Waals surface area contributed by atoms with Gasteiger partial charge in [-0.3, -0.25) is 4.79 Å². The van der Waals surface area contributed by atoms with E-state index in [0.717, 1.165) is 10.7 Å². The van der Waals surface area contributed by atoms with E-state index < -0.39 is 0 Å². The second kappa shape index (κ2) is 4.33. The number of carbonyl (C=O) groups excluding carboxylic acids is 1. The Morgan fingerprint density at radius 2 is 2.50 bits per heavy atom. The molecular formula is C8H11NO2S. The van der Waals surface area contributed by atoms with E-state index in [1.54, 1.807) is 11.3 Å². The highest BCUT2D eigenvalue weighted by Gasteiger charge is 2.05. The lowest BCUT2D eigenvalue weighted by Crippen LogP contribution is -2.09. The third-order valence-corrected chi connectivity index (χ3v) is 2.17. The highest BCUT2D eigenvalue weighted by Crippen LogP contribution is 2.08. The van der Waals surface area contributed by atoms with Crippen molar-refractivity contribution in [1.82, 2.24) is 4.98 Å². The first-order chi connectivity index (χ1) is 5.72. The number of hydrogen-bond acceptors (Lipinski definition) is 4. The van der Waals surface area contributed by atoms with Crippen LogP contribution in [-0.2, 0) is 16.0 Å². The number of aryl methyl sites for hydroxylation is 1. The van der Waals surface area contributed by atoms with Crippen molar-refractivity contribution in [3.05, 3.63) is 16.1 Å². The average molecular weight is 185 g/mol. The summed E-state index contributed by atoms with van der Waals surface area (Å²) in [5.41, 5.74) is 0.847. The van der Waals surface area contributed by atoms with Crippen molar-refractivity contribution in [2.45, 2.75) is 13.3 Å². The molecular weight excluding hydrogens is 174 g/mol. The number of nitrogens with zero attached hydrogens (tertiary/aromatic N) is 1. The lowest BCUT2D eigenvalue weighted by Gasteiger charge is -1.94. The molecule has 0 aromatic carbocycles. The number of ether oxygens (including phenoxy) is 1. The van der Waals surface area contributed by atoms with E-state index in [1.807, 2.05) is 12.3 Å². The molecule has 0 spiro atoms. The second-order valence-electron chi connectivity index (χ2n) is 2.51. The van der Waals surface area contributed by atoms with Gasteiger partial charge in [-0.1, -0.05) is 0 Å². The number of methoxy groups -OCH3 is 1. The molecule has 0 radical (unpaired) electrons. The summed E-state index contributed by atoms with van der Waals surface area (Å²) in [4.78, 5) is 15.2. The standard InChI is InChI=1S/C8H11NO2S/c1-6-9-7(5-12-6)3-8(10)4-11-2/h5H,3-4H2,1-2H3. The molecule has 0 saturated heterocycles. The Hall–Kier alpha value is -0.740. The van der Waals surface area contributed by atoms with Crippen LogP contribution in [0, 0.1) is 6.92 Å². The van der Waals surface area contributed by atoms with E-state index in [0.29, 0.717) is 6.42 Å². The summed E-state index contributed by atoms with van der Waals surface area (Å²) in [6.07, 6.45) is 0.387. The molecule has 1 heterocycles. The smallest absolute Gasteiger partial charge is 0.164 e. The zero-order chi connectivity index (χ0) is 8.97. The number of hydrogen-bond donors (Lipinski definition) is 0.